The highest BCUT2D eigenvalue weighted by Gasteiger charge is 2.27. The zero-order valence-electron chi connectivity index (χ0n) is 17.7. The first kappa shape index (κ1) is 20.4. The maximum absolute atomic E-state index is 5.50. The zero-order chi connectivity index (χ0) is 18.2. The summed E-state index contributed by atoms with van der Waals surface area (Å²) in [6.45, 7) is 6.83. The second-order valence-electron chi connectivity index (χ2n) is 9.84. The van der Waals surface area contributed by atoms with E-state index in [1.54, 1.807) is 5.57 Å². The lowest BCUT2D eigenvalue weighted by molar-refractivity contribution is 0.149. The lowest BCUT2D eigenvalue weighted by Crippen LogP contribution is -2.19. The van der Waals surface area contributed by atoms with Crippen LogP contribution in [0.5, 0.6) is 0 Å². The quantitative estimate of drug-likeness (QED) is 0.386. The lowest BCUT2D eigenvalue weighted by atomic mass is 9.75. The summed E-state index contributed by atoms with van der Waals surface area (Å²) in [6.07, 6.45) is 23.0. The topological polar surface area (TPSA) is 9.23 Å². The molecule has 0 spiro atoms. The number of ether oxygens (including phenoxy) is 1. The monoisotopic (exact) mass is 360 g/mol. The van der Waals surface area contributed by atoms with Gasteiger partial charge in [-0.2, -0.15) is 0 Å². The van der Waals surface area contributed by atoms with Gasteiger partial charge in [-0.3, -0.25) is 0 Å². The van der Waals surface area contributed by atoms with Crippen LogP contribution in [-0.2, 0) is 4.74 Å². The van der Waals surface area contributed by atoms with E-state index in [0.717, 1.165) is 42.8 Å². The predicted octanol–water partition coefficient (Wildman–Crippen LogP) is 7.55. The molecule has 26 heavy (non-hydrogen) atoms. The van der Waals surface area contributed by atoms with E-state index in [4.69, 9.17) is 4.74 Å². The van der Waals surface area contributed by atoms with Crippen molar-refractivity contribution < 1.29 is 4.74 Å². The summed E-state index contributed by atoms with van der Waals surface area (Å²) in [5.41, 5.74) is 1.68. The summed E-state index contributed by atoms with van der Waals surface area (Å²) in [4.78, 5) is 0. The largest absolute Gasteiger partial charge is 0.377 e. The van der Waals surface area contributed by atoms with E-state index in [1.165, 1.54) is 89.9 Å². The second kappa shape index (κ2) is 10.9. The molecule has 0 saturated heterocycles. The van der Waals surface area contributed by atoms with Gasteiger partial charge >= 0.3 is 0 Å². The molecule has 1 nitrogen and oxygen atoms in total. The Hall–Kier alpha value is -0.300. The summed E-state index contributed by atoms with van der Waals surface area (Å²) in [6, 6.07) is 0. The molecular weight excluding hydrogens is 316 g/mol. The second-order valence-corrected chi connectivity index (χ2v) is 9.84. The highest BCUT2D eigenvalue weighted by molar-refractivity contribution is 5.08. The summed E-state index contributed by atoms with van der Waals surface area (Å²) >= 11 is 0. The molecule has 0 bridgehead atoms. The van der Waals surface area contributed by atoms with Gasteiger partial charge in [0.2, 0.25) is 0 Å². The molecule has 3 unspecified atom stereocenters. The van der Waals surface area contributed by atoms with Gasteiger partial charge in [0.05, 0.1) is 13.2 Å². The molecule has 3 rings (SSSR count). The Labute approximate surface area is 163 Å². The predicted molar refractivity (Wildman–Crippen MR) is 112 cm³/mol. The van der Waals surface area contributed by atoms with E-state index in [-0.39, 0.29) is 0 Å². The molecule has 0 amide bonds. The number of rotatable bonds is 9. The average Bonchev–Trinajstić information content (AvgIpc) is 3.23. The molecule has 2 saturated carbocycles. The Balaban J connectivity index is 1.47. The third-order valence-corrected chi connectivity index (χ3v) is 8.12. The molecule has 3 atom stereocenters. The molecule has 2 fully saturated rings. The maximum Gasteiger partial charge on any atom is 0.0650 e. The fourth-order valence-corrected chi connectivity index (χ4v) is 6.10. The van der Waals surface area contributed by atoms with E-state index in [0.29, 0.717) is 0 Å². The molecule has 0 aromatic heterocycles. The Morgan fingerprint density at radius 1 is 0.846 bits per heavy atom. The van der Waals surface area contributed by atoms with Crippen molar-refractivity contribution in [1.29, 1.82) is 0 Å². The Morgan fingerprint density at radius 3 is 2.19 bits per heavy atom. The summed E-state index contributed by atoms with van der Waals surface area (Å²) < 4.78 is 5.50. The van der Waals surface area contributed by atoms with Crippen molar-refractivity contribution in [2.45, 2.75) is 104 Å². The van der Waals surface area contributed by atoms with Gasteiger partial charge in [0.1, 0.15) is 0 Å². The first-order valence-electron chi connectivity index (χ1n) is 12.0. The minimum absolute atomic E-state index is 0.776. The molecule has 1 aliphatic heterocycles. The van der Waals surface area contributed by atoms with Crippen molar-refractivity contribution in [3.8, 4) is 0 Å². The summed E-state index contributed by atoms with van der Waals surface area (Å²) in [5.74, 6) is 4.84. The third kappa shape index (κ3) is 6.11. The van der Waals surface area contributed by atoms with Crippen LogP contribution in [0.3, 0.4) is 0 Å². The van der Waals surface area contributed by atoms with Gasteiger partial charge in [0, 0.05) is 0 Å². The fourth-order valence-electron chi connectivity index (χ4n) is 6.10. The van der Waals surface area contributed by atoms with E-state index in [9.17, 15) is 0 Å². The van der Waals surface area contributed by atoms with Gasteiger partial charge in [-0.25, -0.2) is 0 Å². The van der Waals surface area contributed by atoms with Gasteiger partial charge < -0.3 is 4.74 Å². The van der Waals surface area contributed by atoms with Crippen molar-refractivity contribution in [3.05, 3.63) is 11.6 Å². The van der Waals surface area contributed by atoms with Crippen LogP contribution in [0.15, 0.2) is 11.6 Å². The van der Waals surface area contributed by atoms with Crippen molar-refractivity contribution in [2.24, 2.45) is 29.6 Å². The molecule has 0 radical (unpaired) electrons. The molecule has 0 aromatic carbocycles. The van der Waals surface area contributed by atoms with Crippen LogP contribution >= 0.6 is 0 Å². The fraction of sp³-hybridized carbons (Fsp3) is 0.920. The molecule has 1 heteroatoms. The molecule has 2 aliphatic carbocycles. The Bertz CT molecular complexity index is 414. The Kier molecular flexibility index (Phi) is 8.56. The van der Waals surface area contributed by atoms with E-state index < -0.39 is 0 Å². The van der Waals surface area contributed by atoms with Gasteiger partial charge in [-0.1, -0.05) is 89.7 Å². The first-order chi connectivity index (χ1) is 12.7. The molecular formula is C25H44O. The van der Waals surface area contributed by atoms with Crippen LogP contribution in [0.25, 0.3) is 0 Å². The van der Waals surface area contributed by atoms with Crippen LogP contribution < -0.4 is 0 Å². The SMILES string of the molecule is CC(CCC(CCC(C)C1CCCCC1)C1CCCC1)C1=CCOCC1. The third-order valence-electron chi connectivity index (χ3n) is 8.12. The van der Waals surface area contributed by atoms with Crippen LogP contribution in [0, 0.1) is 29.6 Å². The Morgan fingerprint density at radius 2 is 1.50 bits per heavy atom. The average molecular weight is 361 g/mol. The standard InChI is InChI=1S/C25H44O/c1-20(22-8-4-3-5-9-22)12-14-25(24-10-6-7-11-24)15-13-21(2)23-16-18-26-19-17-23/h16,20-22,24-25H,3-15,17-19H2,1-2H3. The number of hydrogen-bond acceptors (Lipinski definition) is 1. The lowest BCUT2D eigenvalue weighted by Gasteiger charge is -2.31. The highest BCUT2D eigenvalue weighted by atomic mass is 16.5. The summed E-state index contributed by atoms with van der Waals surface area (Å²) in [7, 11) is 0. The van der Waals surface area contributed by atoms with Gasteiger partial charge in [0.25, 0.3) is 0 Å². The van der Waals surface area contributed by atoms with E-state index in [2.05, 4.69) is 19.9 Å². The highest BCUT2D eigenvalue weighted by Crippen LogP contribution is 2.40. The smallest absolute Gasteiger partial charge is 0.0650 e. The molecule has 0 aromatic rings. The number of hydrogen-bond donors (Lipinski definition) is 0. The molecule has 3 aliphatic rings. The molecule has 0 N–H and O–H groups in total. The van der Waals surface area contributed by atoms with Crippen molar-refractivity contribution in [2.75, 3.05) is 13.2 Å². The molecule has 150 valence electrons. The van der Waals surface area contributed by atoms with Crippen LogP contribution in [0.1, 0.15) is 104 Å². The summed E-state index contributed by atoms with van der Waals surface area (Å²) in [5, 5.41) is 0. The van der Waals surface area contributed by atoms with Crippen molar-refractivity contribution in [3.63, 3.8) is 0 Å². The van der Waals surface area contributed by atoms with E-state index >= 15 is 0 Å². The maximum atomic E-state index is 5.50. The zero-order valence-corrected chi connectivity index (χ0v) is 17.7. The minimum atomic E-state index is 0.776. The van der Waals surface area contributed by atoms with Crippen LogP contribution in [0.2, 0.25) is 0 Å². The van der Waals surface area contributed by atoms with Crippen LogP contribution in [-0.4, -0.2) is 13.2 Å². The first-order valence-corrected chi connectivity index (χ1v) is 12.0. The minimum Gasteiger partial charge on any atom is -0.377 e. The normalized spacial score (nSPS) is 26.5. The molecule has 1 heterocycles. The van der Waals surface area contributed by atoms with Crippen LogP contribution in [0.4, 0.5) is 0 Å². The van der Waals surface area contributed by atoms with Gasteiger partial charge in [-0.15, -0.1) is 0 Å². The van der Waals surface area contributed by atoms with Gasteiger partial charge in [-0.05, 0) is 55.3 Å². The van der Waals surface area contributed by atoms with E-state index in [1.807, 2.05) is 0 Å². The van der Waals surface area contributed by atoms with Gasteiger partial charge in [0.15, 0.2) is 0 Å². The van der Waals surface area contributed by atoms with Crippen molar-refractivity contribution >= 4 is 0 Å². The van der Waals surface area contributed by atoms with Crippen molar-refractivity contribution in [1.82, 2.24) is 0 Å².